The van der Waals surface area contributed by atoms with Crippen molar-refractivity contribution in [2.24, 2.45) is 4.99 Å². The minimum Gasteiger partial charge on any atom is -0.288 e. The van der Waals surface area contributed by atoms with Crippen molar-refractivity contribution in [2.45, 2.75) is 12.8 Å². The molecular weight excluding hydrogens is 218 g/mol. The first-order chi connectivity index (χ1) is 7.86. The molecule has 16 heavy (non-hydrogen) atoms. The molecule has 0 spiro atoms. The summed E-state index contributed by atoms with van der Waals surface area (Å²) in [5.74, 6) is 0. The van der Waals surface area contributed by atoms with E-state index in [-0.39, 0.29) is 0 Å². The van der Waals surface area contributed by atoms with Crippen LogP contribution in [0.1, 0.15) is 18.4 Å². The van der Waals surface area contributed by atoms with E-state index in [0.29, 0.717) is 6.54 Å². The van der Waals surface area contributed by atoms with Crippen LogP contribution in [0.25, 0.3) is 0 Å². The predicted octanol–water partition coefficient (Wildman–Crippen LogP) is 3.95. The lowest BCUT2D eigenvalue weighted by Crippen LogP contribution is -1.95. The van der Waals surface area contributed by atoms with Crippen molar-refractivity contribution in [3.05, 3.63) is 58.7 Å². The van der Waals surface area contributed by atoms with Crippen LogP contribution < -0.4 is 0 Å². The lowest BCUT2D eigenvalue weighted by molar-refractivity contribution is 0.912. The topological polar surface area (TPSA) is 12.4 Å². The van der Waals surface area contributed by atoms with Gasteiger partial charge in [-0.25, -0.2) is 0 Å². The first kappa shape index (κ1) is 11.2. The molecule has 0 saturated carbocycles. The van der Waals surface area contributed by atoms with Gasteiger partial charge in [0.05, 0.1) is 6.54 Å². The van der Waals surface area contributed by atoms with E-state index in [9.17, 15) is 0 Å². The molecule has 0 heterocycles. The Bertz CT molecular complexity index is 429. The largest absolute Gasteiger partial charge is 0.288 e. The lowest BCUT2D eigenvalue weighted by Gasteiger charge is -2.08. The van der Waals surface area contributed by atoms with Crippen LogP contribution >= 0.6 is 11.6 Å². The second-order valence-corrected chi connectivity index (χ2v) is 4.18. The third-order valence-electron chi connectivity index (χ3n) is 2.54. The average Bonchev–Trinajstić information content (AvgIpc) is 2.33. The van der Waals surface area contributed by atoms with Crippen LogP contribution in [0.4, 0.5) is 0 Å². The van der Waals surface area contributed by atoms with E-state index >= 15 is 0 Å². The molecule has 0 radical (unpaired) electrons. The van der Waals surface area contributed by atoms with Gasteiger partial charge in [-0.1, -0.05) is 48.0 Å². The predicted molar refractivity (Wildman–Crippen MR) is 70.2 cm³/mol. The number of rotatable bonds is 3. The normalized spacial score (nSPS) is 16.1. The molecule has 0 amide bonds. The molecule has 0 unspecified atom stereocenters. The smallest absolute Gasteiger partial charge is 0.0617 e. The SMILES string of the molecule is ClC1=C(CN=Cc2ccccc2)CCC=C1. The Morgan fingerprint density at radius 2 is 2.06 bits per heavy atom. The van der Waals surface area contributed by atoms with Gasteiger partial charge in [-0.2, -0.15) is 0 Å². The Labute approximate surface area is 101 Å². The highest BCUT2D eigenvalue weighted by atomic mass is 35.5. The average molecular weight is 232 g/mol. The molecule has 0 N–H and O–H groups in total. The van der Waals surface area contributed by atoms with Crippen LogP contribution in [0.3, 0.4) is 0 Å². The standard InChI is InChI=1S/C14H14ClN/c15-14-9-5-4-8-13(14)11-16-10-12-6-2-1-3-7-12/h1-3,5-7,9-10H,4,8,11H2. The summed E-state index contributed by atoms with van der Waals surface area (Å²) in [6, 6.07) is 10.1. The second kappa shape index (κ2) is 5.66. The molecular formula is C14H14ClN. The first-order valence-corrected chi connectivity index (χ1v) is 5.83. The van der Waals surface area contributed by atoms with E-state index in [0.717, 1.165) is 23.4 Å². The third kappa shape index (κ3) is 3.07. The molecule has 0 atom stereocenters. The fraction of sp³-hybridized carbons (Fsp3) is 0.214. The molecule has 1 nitrogen and oxygen atoms in total. The number of halogens is 1. The molecule has 0 fully saturated rings. The van der Waals surface area contributed by atoms with Gasteiger partial charge in [0, 0.05) is 11.2 Å². The van der Waals surface area contributed by atoms with Gasteiger partial charge < -0.3 is 0 Å². The maximum atomic E-state index is 6.08. The van der Waals surface area contributed by atoms with Crippen LogP contribution in [0.15, 0.2) is 58.1 Å². The Balaban J connectivity index is 1.97. The van der Waals surface area contributed by atoms with Crippen molar-refractivity contribution in [2.75, 3.05) is 6.54 Å². The zero-order valence-corrected chi connectivity index (χ0v) is 9.82. The van der Waals surface area contributed by atoms with Crippen molar-refractivity contribution >= 4 is 17.8 Å². The summed E-state index contributed by atoms with van der Waals surface area (Å²) in [6.07, 6.45) is 8.08. The fourth-order valence-corrected chi connectivity index (χ4v) is 1.88. The second-order valence-electron chi connectivity index (χ2n) is 3.77. The zero-order valence-electron chi connectivity index (χ0n) is 9.07. The highest BCUT2D eigenvalue weighted by Gasteiger charge is 2.04. The van der Waals surface area contributed by atoms with Crippen molar-refractivity contribution in [3.63, 3.8) is 0 Å². The Kier molecular flexibility index (Phi) is 3.95. The summed E-state index contributed by atoms with van der Waals surface area (Å²) in [5.41, 5.74) is 2.36. The van der Waals surface area contributed by atoms with Gasteiger partial charge in [-0.15, -0.1) is 0 Å². The highest BCUT2D eigenvalue weighted by molar-refractivity contribution is 6.31. The zero-order chi connectivity index (χ0) is 11.2. The third-order valence-corrected chi connectivity index (χ3v) is 2.93. The van der Waals surface area contributed by atoms with Gasteiger partial charge in [0.2, 0.25) is 0 Å². The summed E-state index contributed by atoms with van der Waals surface area (Å²) in [5, 5.41) is 0.858. The van der Waals surface area contributed by atoms with Crippen LogP contribution in [0.2, 0.25) is 0 Å². The Morgan fingerprint density at radius 3 is 2.81 bits per heavy atom. The highest BCUT2D eigenvalue weighted by Crippen LogP contribution is 2.21. The molecule has 2 heteroatoms. The maximum absolute atomic E-state index is 6.08. The number of hydrogen-bond donors (Lipinski definition) is 0. The number of benzene rings is 1. The van der Waals surface area contributed by atoms with Gasteiger partial charge >= 0.3 is 0 Å². The quantitative estimate of drug-likeness (QED) is 0.699. The van der Waals surface area contributed by atoms with E-state index in [1.165, 1.54) is 5.57 Å². The first-order valence-electron chi connectivity index (χ1n) is 5.45. The van der Waals surface area contributed by atoms with Crippen LogP contribution in [0.5, 0.6) is 0 Å². The van der Waals surface area contributed by atoms with Gasteiger partial charge in [-0.05, 0) is 30.1 Å². The minimum atomic E-state index is 0.706. The Hall–Kier alpha value is -1.34. The molecule has 2 rings (SSSR count). The monoisotopic (exact) mass is 231 g/mol. The molecule has 0 aliphatic heterocycles. The molecule has 1 aliphatic carbocycles. The molecule has 0 saturated heterocycles. The van der Waals surface area contributed by atoms with E-state index in [1.54, 1.807) is 0 Å². The van der Waals surface area contributed by atoms with E-state index in [4.69, 9.17) is 11.6 Å². The molecule has 1 aromatic rings. The van der Waals surface area contributed by atoms with Crippen LogP contribution in [0, 0.1) is 0 Å². The molecule has 1 aromatic carbocycles. The van der Waals surface area contributed by atoms with Gasteiger partial charge in [-0.3, -0.25) is 4.99 Å². The van der Waals surface area contributed by atoms with E-state index in [1.807, 2.05) is 42.6 Å². The fourth-order valence-electron chi connectivity index (χ4n) is 1.64. The number of allylic oxidation sites excluding steroid dienone is 3. The van der Waals surface area contributed by atoms with Gasteiger partial charge in [0.25, 0.3) is 0 Å². The lowest BCUT2D eigenvalue weighted by atomic mass is 10.1. The summed E-state index contributed by atoms with van der Waals surface area (Å²) >= 11 is 6.08. The summed E-state index contributed by atoms with van der Waals surface area (Å²) in [7, 11) is 0. The van der Waals surface area contributed by atoms with Crippen LogP contribution in [-0.2, 0) is 0 Å². The summed E-state index contributed by atoms with van der Waals surface area (Å²) in [4.78, 5) is 4.41. The van der Waals surface area contributed by atoms with E-state index < -0.39 is 0 Å². The summed E-state index contributed by atoms with van der Waals surface area (Å²) < 4.78 is 0. The van der Waals surface area contributed by atoms with Gasteiger partial charge in [0.15, 0.2) is 0 Å². The molecule has 0 aromatic heterocycles. The Morgan fingerprint density at radius 1 is 1.25 bits per heavy atom. The van der Waals surface area contributed by atoms with E-state index in [2.05, 4.69) is 11.1 Å². The minimum absolute atomic E-state index is 0.706. The van der Waals surface area contributed by atoms with Crippen molar-refractivity contribution in [1.82, 2.24) is 0 Å². The van der Waals surface area contributed by atoms with Gasteiger partial charge in [0.1, 0.15) is 0 Å². The van der Waals surface area contributed by atoms with Crippen molar-refractivity contribution in [3.8, 4) is 0 Å². The summed E-state index contributed by atoms with van der Waals surface area (Å²) in [6.45, 7) is 0.706. The van der Waals surface area contributed by atoms with Crippen molar-refractivity contribution < 1.29 is 0 Å². The van der Waals surface area contributed by atoms with Crippen molar-refractivity contribution in [1.29, 1.82) is 0 Å². The molecule has 1 aliphatic rings. The number of aliphatic imine (C=N–C) groups is 1. The molecule has 0 bridgehead atoms. The maximum Gasteiger partial charge on any atom is 0.0617 e. The molecule has 82 valence electrons. The number of nitrogens with zero attached hydrogens (tertiary/aromatic N) is 1. The number of hydrogen-bond acceptors (Lipinski definition) is 1. The van der Waals surface area contributed by atoms with Crippen LogP contribution in [-0.4, -0.2) is 12.8 Å².